The van der Waals surface area contributed by atoms with Crippen LogP contribution in [0.3, 0.4) is 0 Å². The van der Waals surface area contributed by atoms with Gasteiger partial charge in [0.05, 0.1) is 5.54 Å². The fraction of sp³-hybridized carbons (Fsp3) is 0.917. The molecule has 0 aromatic heterocycles. The van der Waals surface area contributed by atoms with Crippen molar-refractivity contribution < 1.29 is 4.79 Å². The third-order valence-electron chi connectivity index (χ3n) is 3.39. The molecule has 88 valence electrons. The summed E-state index contributed by atoms with van der Waals surface area (Å²) in [6.07, 6.45) is 2.97. The first-order chi connectivity index (χ1) is 6.88. The van der Waals surface area contributed by atoms with Crippen LogP contribution >= 0.6 is 0 Å². The predicted molar refractivity (Wildman–Crippen MR) is 62.4 cm³/mol. The summed E-state index contributed by atoms with van der Waals surface area (Å²) in [6.45, 7) is 7.00. The smallest absolute Gasteiger partial charge is 0.242 e. The van der Waals surface area contributed by atoms with Gasteiger partial charge in [0.25, 0.3) is 0 Å². The SMILES string of the molecule is CCCC(C)(N)C(=O)N(C)CC1CC1C. The van der Waals surface area contributed by atoms with Crippen molar-refractivity contribution in [3.63, 3.8) is 0 Å². The van der Waals surface area contributed by atoms with E-state index in [1.165, 1.54) is 6.42 Å². The summed E-state index contributed by atoms with van der Waals surface area (Å²) >= 11 is 0. The van der Waals surface area contributed by atoms with Crippen molar-refractivity contribution in [2.75, 3.05) is 13.6 Å². The monoisotopic (exact) mass is 212 g/mol. The van der Waals surface area contributed by atoms with Gasteiger partial charge in [0, 0.05) is 13.6 Å². The molecule has 0 aromatic rings. The summed E-state index contributed by atoms with van der Waals surface area (Å²) in [7, 11) is 1.87. The fourth-order valence-electron chi connectivity index (χ4n) is 2.15. The summed E-state index contributed by atoms with van der Waals surface area (Å²) in [5, 5.41) is 0. The van der Waals surface area contributed by atoms with E-state index in [2.05, 4.69) is 13.8 Å². The zero-order valence-corrected chi connectivity index (χ0v) is 10.4. The highest BCUT2D eigenvalue weighted by molar-refractivity contribution is 5.85. The summed E-state index contributed by atoms with van der Waals surface area (Å²) in [5.41, 5.74) is 5.33. The highest BCUT2D eigenvalue weighted by Gasteiger charge is 2.37. The first kappa shape index (κ1) is 12.5. The third kappa shape index (κ3) is 3.20. The predicted octanol–water partition coefficient (Wildman–Crippen LogP) is 1.62. The molecule has 2 N–H and O–H groups in total. The Bertz CT molecular complexity index is 238. The number of hydrogen-bond donors (Lipinski definition) is 1. The second-order valence-electron chi connectivity index (χ2n) is 5.33. The van der Waals surface area contributed by atoms with Crippen LogP contribution in [-0.2, 0) is 4.79 Å². The van der Waals surface area contributed by atoms with Gasteiger partial charge in [-0.3, -0.25) is 4.79 Å². The van der Waals surface area contributed by atoms with Gasteiger partial charge in [-0.15, -0.1) is 0 Å². The zero-order valence-electron chi connectivity index (χ0n) is 10.4. The van der Waals surface area contributed by atoms with E-state index in [-0.39, 0.29) is 5.91 Å². The lowest BCUT2D eigenvalue weighted by atomic mass is 9.96. The van der Waals surface area contributed by atoms with E-state index in [0.717, 1.165) is 25.3 Å². The largest absolute Gasteiger partial charge is 0.344 e. The van der Waals surface area contributed by atoms with E-state index in [9.17, 15) is 4.79 Å². The molecule has 1 rings (SSSR count). The van der Waals surface area contributed by atoms with Crippen LogP contribution in [-0.4, -0.2) is 29.9 Å². The Labute approximate surface area is 93.0 Å². The number of nitrogens with zero attached hydrogens (tertiary/aromatic N) is 1. The normalized spacial score (nSPS) is 28.3. The summed E-state index contributed by atoms with van der Waals surface area (Å²) in [4.78, 5) is 13.8. The minimum atomic E-state index is -0.679. The zero-order chi connectivity index (χ0) is 11.6. The first-order valence-electron chi connectivity index (χ1n) is 5.93. The molecular formula is C12H24N2O. The maximum Gasteiger partial charge on any atom is 0.242 e. The minimum absolute atomic E-state index is 0.0865. The number of carbonyl (C=O) groups is 1. The number of likely N-dealkylation sites (N-methyl/N-ethyl adjacent to an activating group) is 1. The molecule has 0 spiro atoms. The van der Waals surface area contributed by atoms with Crippen LogP contribution in [0, 0.1) is 11.8 Å². The van der Waals surface area contributed by atoms with E-state index >= 15 is 0 Å². The molecule has 0 aromatic carbocycles. The molecule has 1 saturated carbocycles. The lowest BCUT2D eigenvalue weighted by Crippen LogP contribution is -2.52. The number of nitrogens with two attached hydrogens (primary N) is 1. The van der Waals surface area contributed by atoms with Gasteiger partial charge in [-0.05, 0) is 31.6 Å². The van der Waals surface area contributed by atoms with Gasteiger partial charge in [-0.25, -0.2) is 0 Å². The maximum absolute atomic E-state index is 12.0. The van der Waals surface area contributed by atoms with Gasteiger partial charge in [0.2, 0.25) is 5.91 Å². The molecule has 3 unspecified atom stereocenters. The number of rotatable bonds is 5. The molecule has 0 aliphatic heterocycles. The Kier molecular flexibility index (Phi) is 3.77. The Hall–Kier alpha value is -0.570. The van der Waals surface area contributed by atoms with Crippen molar-refractivity contribution in [2.45, 2.75) is 45.6 Å². The Morgan fingerprint density at radius 3 is 2.53 bits per heavy atom. The Morgan fingerprint density at radius 1 is 1.60 bits per heavy atom. The van der Waals surface area contributed by atoms with Crippen LogP contribution in [0.5, 0.6) is 0 Å². The average Bonchev–Trinajstić information content (AvgIpc) is 2.80. The van der Waals surface area contributed by atoms with Crippen LogP contribution in [0.1, 0.15) is 40.0 Å². The minimum Gasteiger partial charge on any atom is -0.344 e. The quantitative estimate of drug-likeness (QED) is 0.752. The number of carbonyl (C=O) groups excluding carboxylic acids is 1. The first-order valence-corrected chi connectivity index (χ1v) is 5.93. The van der Waals surface area contributed by atoms with Crippen LogP contribution in [0.4, 0.5) is 0 Å². The van der Waals surface area contributed by atoms with Gasteiger partial charge >= 0.3 is 0 Å². The van der Waals surface area contributed by atoms with E-state index in [1.54, 1.807) is 0 Å². The van der Waals surface area contributed by atoms with Crippen LogP contribution in [0.15, 0.2) is 0 Å². The molecule has 1 amide bonds. The van der Waals surface area contributed by atoms with Crippen molar-refractivity contribution in [3.05, 3.63) is 0 Å². The number of hydrogen-bond acceptors (Lipinski definition) is 2. The molecule has 1 aliphatic carbocycles. The van der Waals surface area contributed by atoms with Crippen molar-refractivity contribution in [1.29, 1.82) is 0 Å². The second kappa shape index (κ2) is 4.52. The van der Waals surface area contributed by atoms with E-state index in [1.807, 2.05) is 18.9 Å². The molecule has 0 radical (unpaired) electrons. The van der Waals surface area contributed by atoms with E-state index in [0.29, 0.717) is 5.92 Å². The van der Waals surface area contributed by atoms with Crippen molar-refractivity contribution in [1.82, 2.24) is 4.90 Å². The summed E-state index contributed by atoms with van der Waals surface area (Å²) in [5.74, 6) is 1.58. The Morgan fingerprint density at radius 2 is 2.13 bits per heavy atom. The molecule has 3 atom stereocenters. The summed E-state index contributed by atoms with van der Waals surface area (Å²) < 4.78 is 0. The number of amides is 1. The van der Waals surface area contributed by atoms with Gasteiger partial charge in [0.1, 0.15) is 0 Å². The lowest BCUT2D eigenvalue weighted by Gasteiger charge is -2.29. The van der Waals surface area contributed by atoms with Gasteiger partial charge in [0.15, 0.2) is 0 Å². The standard InChI is InChI=1S/C12H24N2O/c1-5-6-12(3,13)11(15)14(4)8-10-7-9(10)2/h9-10H,5-8,13H2,1-4H3. The van der Waals surface area contributed by atoms with Crippen molar-refractivity contribution >= 4 is 5.91 Å². The molecule has 1 aliphatic rings. The third-order valence-corrected chi connectivity index (χ3v) is 3.39. The highest BCUT2D eigenvalue weighted by Crippen LogP contribution is 2.38. The lowest BCUT2D eigenvalue weighted by molar-refractivity contribution is -0.135. The van der Waals surface area contributed by atoms with Crippen molar-refractivity contribution in [3.8, 4) is 0 Å². The summed E-state index contributed by atoms with van der Waals surface area (Å²) in [6, 6.07) is 0. The Balaban J connectivity index is 2.44. The molecule has 1 fully saturated rings. The highest BCUT2D eigenvalue weighted by atomic mass is 16.2. The molecule has 15 heavy (non-hydrogen) atoms. The van der Waals surface area contributed by atoms with E-state index < -0.39 is 5.54 Å². The molecule has 0 bridgehead atoms. The second-order valence-corrected chi connectivity index (χ2v) is 5.33. The molecule has 0 saturated heterocycles. The van der Waals surface area contributed by atoms with Crippen LogP contribution in [0.25, 0.3) is 0 Å². The average molecular weight is 212 g/mol. The molecule has 3 nitrogen and oxygen atoms in total. The van der Waals surface area contributed by atoms with Crippen LogP contribution in [0.2, 0.25) is 0 Å². The van der Waals surface area contributed by atoms with Crippen LogP contribution < -0.4 is 5.73 Å². The van der Waals surface area contributed by atoms with Crippen molar-refractivity contribution in [2.24, 2.45) is 17.6 Å². The topological polar surface area (TPSA) is 46.3 Å². The van der Waals surface area contributed by atoms with Gasteiger partial charge < -0.3 is 10.6 Å². The fourth-order valence-corrected chi connectivity index (χ4v) is 2.15. The molecule has 3 heteroatoms. The molecule has 0 heterocycles. The van der Waals surface area contributed by atoms with Gasteiger partial charge in [-0.2, -0.15) is 0 Å². The van der Waals surface area contributed by atoms with Gasteiger partial charge in [-0.1, -0.05) is 20.3 Å². The molecular weight excluding hydrogens is 188 g/mol. The maximum atomic E-state index is 12.0. The van der Waals surface area contributed by atoms with E-state index in [4.69, 9.17) is 5.73 Å².